The molecule has 0 bridgehead atoms. The van der Waals surface area contributed by atoms with Gasteiger partial charge in [0.15, 0.2) is 11.0 Å². The van der Waals surface area contributed by atoms with Gasteiger partial charge < -0.3 is 9.73 Å². The number of amides is 1. The maximum atomic E-state index is 11.6. The Labute approximate surface area is 100 Å². The zero-order valence-corrected chi connectivity index (χ0v) is 9.29. The van der Waals surface area contributed by atoms with Crippen LogP contribution in [0.5, 0.6) is 0 Å². The Hall–Kier alpha value is -1.59. The van der Waals surface area contributed by atoms with E-state index < -0.39 is 5.91 Å². The van der Waals surface area contributed by atoms with Gasteiger partial charge in [0.1, 0.15) is 0 Å². The fourth-order valence-corrected chi connectivity index (χ4v) is 1.32. The van der Waals surface area contributed by atoms with Crippen molar-refractivity contribution in [3.8, 4) is 0 Å². The summed E-state index contributed by atoms with van der Waals surface area (Å²) in [5.74, 6) is -0.137. The lowest BCUT2D eigenvalue weighted by Crippen LogP contribution is -2.12. The van der Waals surface area contributed by atoms with E-state index in [1.165, 1.54) is 24.5 Å². The van der Waals surface area contributed by atoms with Gasteiger partial charge in [-0.1, -0.05) is 11.6 Å². The topological polar surface area (TPSA) is 68.0 Å². The summed E-state index contributed by atoms with van der Waals surface area (Å²) in [6, 6.07) is 4.50. The van der Waals surface area contributed by atoms with Gasteiger partial charge in [0, 0.05) is 0 Å². The van der Waals surface area contributed by atoms with Crippen molar-refractivity contribution in [2.24, 2.45) is 0 Å². The molecule has 0 unspecified atom stereocenters. The first-order valence-corrected chi connectivity index (χ1v) is 4.96. The van der Waals surface area contributed by atoms with E-state index in [0.29, 0.717) is 0 Å². The number of carbonyl (C=O) groups is 1. The van der Waals surface area contributed by atoms with Gasteiger partial charge >= 0.3 is 0 Å². The first kappa shape index (κ1) is 10.9. The van der Waals surface area contributed by atoms with Crippen molar-refractivity contribution >= 4 is 34.9 Å². The van der Waals surface area contributed by atoms with Crippen LogP contribution in [0.1, 0.15) is 10.4 Å². The zero-order chi connectivity index (χ0) is 11.5. The molecule has 2 heterocycles. The number of halogens is 2. The summed E-state index contributed by atoms with van der Waals surface area (Å²) >= 11 is 11.2. The molecule has 1 amide bonds. The first-order chi connectivity index (χ1) is 7.66. The third-order valence-electron chi connectivity index (χ3n) is 1.74. The van der Waals surface area contributed by atoms with Crippen molar-refractivity contribution in [3.05, 3.63) is 40.4 Å². The molecule has 0 fully saturated rings. The van der Waals surface area contributed by atoms with Crippen LogP contribution >= 0.6 is 23.2 Å². The van der Waals surface area contributed by atoms with Crippen molar-refractivity contribution < 1.29 is 9.21 Å². The summed E-state index contributed by atoms with van der Waals surface area (Å²) in [7, 11) is 0. The molecule has 0 atom stereocenters. The van der Waals surface area contributed by atoms with Crippen LogP contribution in [-0.4, -0.2) is 16.1 Å². The maximum absolute atomic E-state index is 11.6. The van der Waals surface area contributed by atoms with Crippen molar-refractivity contribution in [2.75, 3.05) is 5.32 Å². The van der Waals surface area contributed by atoms with E-state index in [-0.39, 0.29) is 21.8 Å². The summed E-state index contributed by atoms with van der Waals surface area (Å²) < 4.78 is 4.79. The van der Waals surface area contributed by atoms with Gasteiger partial charge in [-0.3, -0.25) is 4.79 Å². The lowest BCUT2D eigenvalue weighted by molar-refractivity contribution is 0.102. The third kappa shape index (κ3) is 2.32. The largest absolute Gasteiger partial charge is 0.452 e. The van der Waals surface area contributed by atoms with Gasteiger partial charge in [0.25, 0.3) is 5.91 Å². The number of hydrogen-bond donors (Lipinski definition) is 1. The Kier molecular flexibility index (Phi) is 3.07. The van der Waals surface area contributed by atoms with Crippen molar-refractivity contribution in [2.45, 2.75) is 0 Å². The van der Waals surface area contributed by atoms with Crippen molar-refractivity contribution in [3.63, 3.8) is 0 Å². The van der Waals surface area contributed by atoms with Crippen LogP contribution in [-0.2, 0) is 0 Å². The fourth-order valence-electron chi connectivity index (χ4n) is 1.02. The number of nitrogens with zero attached hydrogens (tertiary/aromatic N) is 2. The van der Waals surface area contributed by atoms with Gasteiger partial charge in [-0.05, 0) is 29.8 Å². The molecule has 16 heavy (non-hydrogen) atoms. The highest BCUT2D eigenvalue weighted by molar-refractivity contribution is 6.32. The van der Waals surface area contributed by atoms with Gasteiger partial charge in [0.2, 0.25) is 5.22 Å². The molecule has 0 radical (unpaired) electrons. The molecular formula is C9H5Cl2N3O2. The highest BCUT2D eigenvalue weighted by Crippen LogP contribution is 2.17. The minimum Gasteiger partial charge on any atom is -0.452 e. The predicted octanol–water partition coefficient (Wildman–Crippen LogP) is 2.63. The first-order valence-electron chi connectivity index (χ1n) is 4.20. The van der Waals surface area contributed by atoms with Crippen LogP contribution in [0.4, 0.5) is 5.82 Å². The van der Waals surface area contributed by atoms with Crippen molar-refractivity contribution in [1.29, 1.82) is 0 Å². The smallest absolute Gasteiger partial charge is 0.261 e. The second-order valence-corrected chi connectivity index (χ2v) is 3.53. The number of carbonyl (C=O) groups excluding carboxylic acids is 1. The molecule has 2 aromatic rings. The summed E-state index contributed by atoms with van der Waals surface area (Å²) in [5, 5.41) is 10.0. The van der Waals surface area contributed by atoms with Crippen LogP contribution in [0.15, 0.2) is 28.9 Å². The van der Waals surface area contributed by atoms with E-state index in [2.05, 4.69) is 15.5 Å². The fraction of sp³-hybridized carbons (Fsp3) is 0. The van der Waals surface area contributed by atoms with E-state index in [0.717, 1.165) is 0 Å². The molecule has 0 saturated carbocycles. The minimum atomic E-state index is -0.421. The molecule has 0 saturated heterocycles. The van der Waals surface area contributed by atoms with Gasteiger partial charge in [-0.25, -0.2) is 0 Å². The van der Waals surface area contributed by atoms with E-state index in [1.807, 2.05) is 0 Å². The highest BCUT2D eigenvalue weighted by atomic mass is 35.5. The molecule has 1 N–H and O–H groups in total. The van der Waals surface area contributed by atoms with E-state index in [9.17, 15) is 4.79 Å². The van der Waals surface area contributed by atoms with Gasteiger partial charge in [-0.15, -0.1) is 10.2 Å². The Bertz CT molecular complexity index is 510. The SMILES string of the molecule is O=C(Nc1ccc(Cl)nn1)c1ccoc1Cl. The van der Waals surface area contributed by atoms with Crippen LogP contribution in [0.3, 0.4) is 0 Å². The second-order valence-electron chi connectivity index (χ2n) is 2.80. The van der Waals surface area contributed by atoms with Crippen LogP contribution < -0.4 is 5.32 Å². The van der Waals surface area contributed by atoms with E-state index in [4.69, 9.17) is 27.6 Å². The van der Waals surface area contributed by atoms with Crippen LogP contribution in [0.2, 0.25) is 10.4 Å². The molecule has 0 aromatic carbocycles. The molecule has 0 spiro atoms. The third-order valence-corrected chi connectivity index (χ3v) is 2.23. The van der Waals surface area contributed by atoms with E-state index in [1.54, 1.807) is 0 Å². The molecule has 2 aromatic heterocycles. The lowest BCUT2D eigenvalue weighted by atomic mass is 10.3. The molecule has 2 rings (SSSR count). The quantitative estimate of drug-likeness (QED) is 0.898. The lowest BCUT2D eigenvalue weighted by Gasteiger charge is -2.01. The molecule has 82 valence electrons. The average Bonchev–Trinajstić information content (AvgIpc) is 2.68. The second kappa shape index (κ2) is 4.51. The van der Waals surface area contributed by atoms with Gasteiger partial charge in [0.05, 0.1) is 11.8 Å². The summed E-state index contributed by atoms with van der Waals surface area (Å²) in [6.07, 6.45) is 1.32. The van der Waals surface area contributed by atoms with Crippen LogP contribution in [0, 0.1) is 0 Å². The number of furan rings is 1. The number of anilines is 1. The van der Waals surface area contributed by atoms with Gasteiger partial charge in [-0.2, -0.15) is 0 Å². The molecule has 0 aliphatic carbocycles. The van der Waals surface area contributed by atoms with Crippen molar-refractivity contribution in [1.82, 2.24) is 10.2 Å². The Balaban J connectivity index is 2.14. The monoisotopic (exact) mass is 257 g/mol. The number of hydrogen-bond acceptors (Lipinski definition) is 4. The summed E-state index contributed by atoms with van der Waals surface area (Å²) in [5.41, 5.74) is 0.235. The number of aromatic nitrogens is 2. The minimum absolute atomic E-state index is 0.0272. The number of nitrogens with one attached hydrogen (secondary N) is 1. The Morgan fingerprint density at radius 2 is 2.06 bits per heavy atom. The molecule has 7 heteroatoms. The zero-order valence-electron chi connectivity index (χ0n) is 7.78. The molecule has 0 aliphatic rings. The van der Waals surface area contributed by atoms with Crippen LogP contribution in [0.25, 0.3) is 0 Å². The molecular weight excluding hydrogens is 253 g/mol. The normalized spacial score (nSPS) is 10.1. The summed E-state index contributed by atoms with van der Waals surface area (Å²) in [6.45, 7) is 0. The Morgan fingerprint density at radius 3 is 2.62 bits per heavy atom. The number of rotatable bonds is 2. The standard InChI is InChI=1S/C9H5Cl2N3O2/c10-6-1-2-7(14-13-6)12-9(15)5-3-4-16-8(5)11/h1-4H,(H,12,14,15). The van der Waals surface area contributed by atoms with E-state index >= 15 is 0 Å². The highest BCUT2D eigenvalue weighted by Gasteiger charge is 2.13. The molecule has 5 nitrogen and oxygen atoms in total. The summed E-state index contributed by atoms with van der Waals surface area (Å²) in [4.78, 5) is 11.6. The predicted molar refractivity (Wildman–Crippen MR) is 58.7 cm³/mol. The molecule has 0 aliphatic heterocycles. The average molecular weight is 258 g/mol. The maximum Gasteiger partial charge on any atom is 0.261 e. The Morgan fingerprint density at radius 1 is 1.25 bits per heavy atom.